The lowest BCUT2D eigenvalue weighted by atomic mass is 9.85. The van der Waals surface area contributed by atoms with E-state index in [4.69, 9.17) is 14.6 Å². The molecule has 6 aromatic rings. The number of ether oxygens (including phenoxy) is 2. The van der Waals surface area contributed by atoms with Crippen LogP contribution in [0.15, 0.2) is 91.0 Å². The maximum atomic E-state index is 9.75. The van der Waals surface area contributed by atoms with Crippen LogP contribution in [-0.4, -0.2) is 65.3 Å². The van der Waals surface area contributed by atoms with Crippen molar-refractivity contribution >= 4 is 0 Å². The molecule has 408 valence electrons. The van der Waals surface area contributed by atoms with Gasteiger partial charge in [-0.1, -0.05) is 104 Å². The first-order valence-corrected chi connectivity index (χ1v) is 24.4. The average molecular weight is 1030 g/mol. The zero-order valence-corrected chi connectivity index (χ0v) is 47.9. The molecule has 0 aliphatic heterocycles. The minimum absolute atomic E-state index is 0.00984. The molecule has 0 amide bonds. The van der Waals surface area contributed by atoms with Crippen LogP contribution in [0.2, 0.25) is 0 Å². The Morgan fingerprint density at radius 1 is 0.284 bits per heavy atom. The second-order valence-corrected chi connectivity index (χ2v) is 23.5. The molecule has 0 spiro atoms. The highest BCUT2D eigenvalue weighted by Gasteiger charge is 2.23. The summed E-state index contributed by atoms with van der Waals surface area (Å²) in [5, 5.41) is 94.1. The van der Waals surface area contributed by atoms with Gasteiger partial charge in [0.05, 0.1) is 14.2 Å². The maximum absolute atomic E-state index is 9.75. The summed E-state index contributed by atoms with van der Waals surface area (Å²) in [4.78, 5) is 0. The molecule has 0 radical (unpaired) electrons. The van der Waals surface area contributed by atoms with E-state index in [9.17, 15) is 46.0 Å². The molecule has 0 saturated carbocycles. The van der Waals surface area contributed by atoms with Crippen LogP contribution in [0.5, 0.6) is 69.0 Å². The van der Waals surface area contributed by atoms with Gasteiger partial charge in [0.25, 0.3) is 0 Å². The van der Waals surface area contributed by atoms with E-state index in [1.807, 2.05) is 68.4 Å². The molecule has 0 atom stereocenters. The molecule has 10 N–H and O–H groups in total. The summed E-state index contributed by atoms with van der Waals surface area (Å²) in [6.07, 6.45) is 0. The molecule has 6 rings (SSSR count). The highest BCUT2D eigenvalue weighted by molar-refractivity contribution is 5.50. The van der Waals surface area contributed by atoms with E-state index in [-0.39, 0.29) is 78.8 Å². The van der Waals surface area contributed by atoms with Crippen molar-refractivity contribution in [2.45, 2.75) is 159 Å². The molecular formula is C62H88O12. The number of hydrogen-bond acceptors (Lipinski definition) is 12. The van der Waals surface area contributed by atoms with Crippen molar-refractivity contribution in [1.29, 1.82) is 0 Å². The van der Waals surface area contributed by atoms with E-state index in [1.54, 1.807) is 103 Å². The third-order valence-electron chi connectivity index (χ3n) is 11.5. The molecule has 74 heavy (non-hydrogen) atoms. The SMILES string of the molecule is CC(C)(C)c1cc(O)ccc1O.COc1ccc(O)c(C(C)(C)C)c1.COc1ccc(O)cc1C(C)(C)C.Cc1cc(O)c(C(C)(C)C)cc1O.Cc1cc(O)cc(C(C)(C)C)c1O.Cc1cc(O)cc(C)c1O. The second-order valence-electron chi connectivity index (χ2n) is 23.5. The van der Waals surface area contributed by atoms with Gasteiger partial charge in [-0.2, -0.15) is 0 Å². The summed E-state index contributed by atoms with van der Waals surface area (Å²) in [5.41, 5.74) is 6.59. The summed E-state index contributed by atoms with van der Waals surface area (Å²) >= 11 is 0. The van der Waals surface area contributed by atoms with Gasteiger partial charge < -0.3 is 60.5 Å². The zero-order chi connectivity index (χ0) is 57.6. The Morgan fingerprint density at radius 2 is 0.635 bits per heavy atom. The summed E-state index contributed by atoms with van der Waals surface area (Å²) < 4.78 is 10.3. The van der Waals surface area contributed by atoms with E-state index in [2.05, 4.69) is 41.5 Å². The Balaban J connectivity index is 0.000000445. The fourth-order valence-electron chi connectivity index (χ4n) is 7.20. The normalized spacial score (nSPS) is 11.3. The summed E-state index contributed by atoms with van der Waals surface area (Å²) in [6, 6.07) is 24.5. The Hall–Kier alpha value is -7.08. The first-order chi connectivity index (χ1) is 33.6. The van der Waals surface area contributed by atoms with Gasteiger partial charge >= 0.3 is 0 Å². The van der Waals surface area contributed by atoms with Crippen LogP contribution in [0.3, 0.4) is 0 Å². The van der Waals surface area contributed by atoms with Crippen molar-refractivity contribution in [2.75, 3.05) is 14.2 Å². The van der Waals surface area contributed by atoms with Crippen LogP contribution < -0.4 is 9.47 Å². The van der Waals surface area contributed by atoms with E-state index in [0.717, 1.165) is 39.3 Å². The molecule has 6 aromatic carbocycles. The largest absolute Gasteiger partial charge is 0.508 e. The Labute approximate surface area is 441 Å². The first kappa shape index (κ1) is 64.9. The van der Waals surface area contributed by atoms with Crippen LogP contribution in [-0.2, 0) is 27.1 Å². The fraction of sp³-hybridized carbons (Fsp3) is 0.419. The number of phenols is 10. The van der Waals surface area contributed by atoms with Crippen molar-refractivity contribution in [3.05, 3.63) is 141 Å². The van der Waals surface area contributed by atoms with Gasteiger partial charge in [0.15, 0.2) is 0 Å². The van der Waals surface area contributed by atoms with Crippen molar-refractivity contribution < 1.29 is 60.5 Å². The number of phenolic OH excluding ortho intramolecular Hbond substituents is 10. The molecule has 0 heterocycles. The highest BCUT2D eigenvalue weighted by atomic mass is 16.5. The number of hydrogen-bond donors (Lipinski definition) is 10. The predicted molar refractivity (Wildman–Crippen MR) is 301 cm³/mol. The lowest BCUT2D eigenvalue weighted by Gasteiger charge is -2.21. The van der Waals surface area contributed by atoms with Crippen molar-refractivity contribution in [3.8, 4) is 69.0 Å². The third-order valence-corrected chi connectivity index (χ3v) is 11.5. The van der Waals surface area contributed by atoms with E-state index in [0.29, 0.717) is 28.0 Å². The minimum atomic E-state index is -0.145. The number of aromatic hydroxyl groups is 10. The first-order valence-electron chi connectivity index (χ1n) is 24.4. The van der Waals surface area contributed by atoms with Crippen molar-refractivity contribution in [2.24, 2.45) is 0 Å². The Bertz CT molecular complexity index is 2730. The van der Waals surface area contributed by atoms with Gasteiger partial charge in [-0.15, -0.1) is 0 Å². The third kappa shape index (κ3) is 20.4. The van der Waals surface area contributed by atoms with Crippen LogP contribution in [0.25, 0.3) is 0 Å². The van der Waals surface area contributed by atoms with Gasteiger partial charge in [-0.3, -0.25) is 0 Å². The maximum Gasteiger partial charge on any atom is 0.122 e. The summed E-state index contributed by atoms with van der Waals surface area (Å²) in [6.45, 7) is 37.4. The summed E-state index contributed by atoms with van der Waals surface area (Å²) in [5.74, 6) is 4.09. The molecule has 12 heteroatoms. The lowest BCUT2D eigenvalue weighted by Crippen LogP contribution is -2.12. The molecule has 0 fully saturated rings. The highest BCUT2D eigenvalue weighted by Crippen LogP contribution is 2.38. The van der Waals surface area contributed by atoms with E-state index >= 15 is 0 Å². The number of rotatable bonds is 2. The standard InChI is InChI=1S/4C11H16O2.C10H14O2.C8H10O2/c1-7-5-10(13)8(6-9(7)12)11(2,3)4;1-7-5-8(12)6-9(10(7)13)11(2,3)4;1-11(2,3)9-7-8(13-4)5-6-10(9)12;1-11(2,3)9-7-8(12)5-6-10(9)13-4;1-10(2,3)8-6-7(11)4-5-9(8)12;1-5-3-7(9)4-6(2)8(5)10/h2*5-6,12-13H,1-4H3;2*5-7,12H,1-4H3;4-6,11-12H,1-3H3;3-4,9-10H,1-2H3. The van der Waals surface area contributed by atoms with E-state index < -0.39 is 0 Å². The molecule has 12 nitrogen and oxygen atoms in total. The smallest absolute Gasteiger partial charge is 0.122 e. The molecule has 0 aliphatic carbocycles. The van der Waals surface area contributed by atoms with Gasteiger partial charge in [-0.05, 0) is 168 Å². The minimum Gasteiger partial charge on any atom is -0.508 e. The van der Waals surface area contributed by atoms with Crippen LogP contribution in [0.4, 0.5) is 0 Å². The van der Waals surface area contributed by atoms with Gasteiger partial charge in [0.2, 0.25) is 0 Å². The second kappa shape index (κ2) is 26.2. The molecule has 0 aliphatic rings. The Morgan fingerprint density at radius 3 is 1.04 bits per heavy atom. The van der Waals surface area contributed by atoms with Crippen LogP contribution >= 0.6 is 0 Å². The lowest BCUT2D eigenvalue weighted by molar-refractivity contribution is 0.394. The number of methoxy groups -OCH3 is 2. The quantitative estimate of drug-likeness (QED) is 0.0732. The monoisotopic (exact) mass is 1020 g/mol. The molecule has 0 unspecified atom stereocenters. The van der Waals surface area contributed by atoms with Crippen LogP contribution in [0.1, 0.15) is 154 Å². The predicted octanol–water partition coefficient (Wildman–Crippen LogP) is 14.9. The van der Waals surface area contributed by atoms with Gasteiger partial charge in [0.1, 0.15) is 69.0 Å². The summed E-state index contributed by atoms with van der Waals surface area (Å²) in [7, 11) is 3.26. The number of benzene rings is 6. The van der Waals surface area contributed by atoms with Gasteiger partial charge in [0, 0.05) is 27.8 Å². The molecular weight excluding hydrogens is 937 g/mol. The molecule has 0 saturated heterocycles. The van der Waals surface area contributed by atoms with E-state index in [1.165, 1.54) is 24.3 Å². The fourth-order valence-corrected chi connectivity index (χ4v) is 7.20. The van der Waals surface area contributed by atoms with Crippen LogP contribution in [0, 0.1) is 27.7 Å². The zero-order valence-electron chi connectivity index (χ0n) is 47.9. The topological polar surface area (TPSA) is 221 Å². The van der Waals surface area contributed by atoms with Crippen molar-refractivity contribution in [1.82, 2.24) is 0 Å². The molecule has 0 aromatic heterocycles. The van der Waals surface area contributed by atoms with Gasteiger partial charge in [-0.25, -0.2) is 0 Å². The average Bonchev–Trinajstić information content (AvgIpc) is 3.25. The molecule has 0 bridgehead atoms. The number of aryl methyl sites for hydroxylation is 4. The Kier molecular flexibility index (Phi) is 23.0. The van der Waals surface area contributed by atoms with Crippen molar-refractivity contribution in [3.63, 3.8) is 0 Å².